The summed E-state index contributed by atoms with van der Waals surface area (Å²) in [6.07, 6.45) is 1.19. The molecule has 3 amide bonds. The average molecular weight is 417 g/mol. The Morgan fingerprint density at radius 2 is 1.63 bits per heavy atom. The van der Waals surface area contributed by atoms with Crippen LogP contribution in [0, 0.1) is 5.92 Å². The van der Waals surface area contributed by atoms with Crippen LogP contribution in [0.2, 0.25) is 0 Å². The maximum absolute atomic E-state index is 13.2. The summed E-state index contributed by atoms with van der Waals surface area (Å²) in [4.78, 5) is 32.1. The summed E-state index contributed by atoms with van der Waals surface area (Å²) in [6, 6.07) is 9.66. The molecule has 0 spiro atoms. The van der Waals surface area contributed by atoms with Gasteiger partial charge in [-0.25, -0.2) is 4.79 Å². The summed E-state index contributed by atoms with van der Waals surface area (Å²) >= 11 is 0. The fourth-order valence-electron chi connectivity index (χ4n) is 3.95. The zero-order chi connectivity index (χ0) is 21.3. The Labute approximate surface area is 180 Å². The normalized spacial score (nSPS) is 19.0. The van der Waals surface area contributed by atoms with Gasteiger partial charge in [0.15, 0.2) is 0 Å². The lowest BCUT2D eigenvalue weighted by Gasteiger charge is -2.35. The molecule has 2 aliphatic rings. The Morgan fingerprint density at radius 1 is 0.967 bits per heavy atom. The molecule has 30 heavy (non-hydrogen) atoms. The summed E-state index contributed by atoms with van der Waals surface area (Å²) in [6.45, 7) is 11.5. The van der Waals surface area contributed by atoms with Crippen LogP contribution in [-0.4, -0.2) is 92.2 Å². The van der Waals surface area contributed by atoms with Crippen LogP contribution >= 0.6 is 0 Å². The van der Waals surface area contributed by atoms with Crippen molar-refractivity contribution in [3.8, 4) is 0 Å². The van der Waals surface area contributed by atoms with Crippen LogP contribution in [0.25, 0.3) is 0 Å². The van der Waals surface area contributed by atoms with Crippen molar-refractivity contribution in [2.24, 2.45) is 5.92 Å². The van der Waals surface area contributed by atoms with Gasteiger partial charge in [-0.2, -0.15) is 0 Å². The molecule has 1 aromatic carbocycles. The summed E-state index contributed by atoms with van der Waals surface area (Å²) in [5.41, 5.74) is 0.938. The molecular formula is C23H36N4O3. The Bertz CT molecular complexity index is 668. The lowest BCUT2D eigenvalue weighted by Crippen LogP contribution is -2.53. The van der Waals surface area contributed by atoms with E-state index in [1.807, 2.05) is 40.1 Å². The maximum Gasteiger partial charge on any atom is 0.317 e. The molecular weight excluding hydrogens is 380 g/mol. The van der Waals surface area contributed by atoms with Crippen LogP contribution in [0.5, 0.6) is 0 Å². The molecule has 2 saturated heterocycles. The number of piperazine rings is 1. The molecule has 0 saturated carbocycles. The van der Waals surface area contributed by atoms with Crippen LogP contribution in [-0.2, 0) is 9.53 Å². The zero-order valence-corrected chi connectivity index (χ0v) is 18.4. The average Bonchev–Trinajstić information content (AvgIpc) is 2.79. The highest BCUT2D eigenvalue weighted by molar-refractivity contribution is 5.85. The van der Waals surface area contributed by atoms with Crippen molar-refractivity contribution >= 4 is 11.9 Å². The lowest BCUT2D eigenvalue weighted by atomic mass is 9.97. The van der Waals surface area contributed by atoms with E-state index in [1.165, 1.54) is 6.42 Å². The first-order valence-corrected chi connectivity index (χ1v) is 11.2. The minimum atomic E-state index is -0.374. The Kier molecular flexibility index (Phi) is 8.51. The molecule has 0 aliphatic carbocycles. The number of hydrogen-bond donors (Lipinski definition) is 1. The van der Waals surface area contributed by atoms with Crippen molar-refractivity contribution in [1.29, 1.82) is 0 Å². The Balaban J connectivity index is 1.54. The van der Waals surface area contributed by atoms with Gasteiger partial charge in [-0.05, 0) is 24.4 Å². The van der Waals surface area contributed by atoms with Gasteiger partial charge < -0.3 is 19.9 Å². The predicted octanol–water partition coefficient (Wildman–Crippen LogP) is 2.00. The third-order valence-corrected chi connectivity index (χ3v) is 5.96. The third kappa shape index (κ3) is 6.44. The van der Waals surface area contributed by atoms with E-state index in [-0.39, 0.29) is 17.9 Å². The second kappa shape index (κ2) is 11.3. The maximum atomic E-state index is 13.2. The van der Waals surface area contributed by atoms with Crippen molar-refractivity contribution < 1.29 is 14.3 Å². The lowest BCUT2D eigenvalue weighted by molar-refractivity contribution is -0.136. The first-order valence-electron chi connectivity index (χ1n) is 11.2. The molecule has 1 unspecified atom stereocenters. The highest BCUT2D eigenvalue weighted by Gasteiger charge is 2.29. The van der Waals surface area contributed by atoms with Crippen molar-refractivity contribution in [3.63, 3.8) is 0 Å². The number of ether oxygens (including phenoxy) is 1. The van der Waals surface area contributed by atoms with E-state index in [9.17, 15) is 9.59 Å². The summed E-state index contributed by atoms with van der Waals surface area (Å²) in [7, 11) is 0. The minimum absolute atomic E-state index is 0.0586. The second-order valence-electron chi connectivity index (χ2n) is 8.60. The number of urea groups is 1. The number of amides is 3. The topological polar surface area (TPSA) is 65.1 Å². The molecule has 1 N–H and O–H groups in total. The molecule has 0 bridgehead atoms. The largest absolute Gasteiger partial charge is 0.378 e. The first kappa shape index (κ1) is 22.6. The van der Waals surface area contributed by atoms with E-state index < -0.39 is 0 Å². The van der Waals surface area contributed by atoms with Crippen LogP contribution in [0.15, 0.2) is 30.3 Å². The van der Waals surface area contributed by atoms with Crippen LogP contribution < -0.4 is 5.32 Å². The zero-order valence-electron chi connectivity index (χ0n) is 18.4. The first-order chi connectivity index (χ1) is 14.5. The highest BCUT2D eigenvalue weighted by atomic mass is 16.5. The number of carbonyl (C=O) groups excluding carboxylic acids is 2. The highest BCUT2D eigenvalue weighted by Crippen LogP contribution is 2.19. The number of benzene rings is 1. The van der Waals surface area contributed by atoms with E-state index in [2.05, 4.69) is 24.1 Å². The number of hydrogen-bond acceptors (Lipinski definition) is 4. The Morgan fingerprint density at radius 3 is 2.27 bits per heavy atom. The smallest absolute Gasteiger partial charge is 0.317 e. The Hall–Kier alpha value is -2.12. The molecule has 3 rings (SSSR count). The molecule has 7 nitrogen and oxygen atoms in total. The number of nitrogens with one attached hydrogen (secondary N) is 1. The van der Waals surface area contributed by atoms with Gasteiger partial charge >= 0.3 is 6.03 Å². The quantitative estimate of drug-likeness (QED) is 0.738. The molecule has 0 radical (unpaired) electrons. The fourth-order valence-corrected chi connectivity index (χ4v) is 3.95. The van der Waals surface area contributed by atoms with Gasteiger partial charge in [0.05, 0.1) is 19.1 Å². The second-order valence-corrected chi connectivity index (χ2v) is 8.60. The molecule has 2 heterocycles. The van der Waals surface area contributed by atoms with Crippen LogP contribution in [0.4, 0.5) is 4.79 Å². The minimum Gasteiger partial charge on any atom is -0.378 e. The van der Waals surface area contributed by atoms with Crippen molar-refractivity contribution in [3.05, 3.63) is 35.9 Å². The molecule has 2 fully saturated rings. The van der Waals surface area contributed by atoms with Gasteiger partial charge in [0.25, 0.3) is 0 Å². The van der Waals surface area contributed by atoms with E-state index in [0.717, 1.165) is 38.3 Å². The van der Waals surface area contributed by atoms with Crippen molar-refractivity contribution in [1.82, 2.24) is 20.0 Å². The van der Waals surface area contributed by atoms with Gasteiger partial charge in [0, 0.05) is 45.8 Å². The van der Waals surface area contributed by atoms with Crippen molar-refractivity contribution in [2.45, 2.75) is 26.2 Å². The van der Waals surface area contributed by atoms with E-state index in [4.69, 9.17) is 4.74 Å². The fraction of sp³-hybridized carbons (Fsp3) is 0.652. The van der Waals surface area contributed by atoms with E-state index in [1.54, 1.807) is 0 Å². The molecule has 2 aliphatic heterocycles. The standard InChI is InChI=1S/C23H36N4O3/c1-19(2)8-9-25-10-12-27(13-11-25)23(29)24-18-21(20-6-4-3-5-7-20)22(28)26-14-16-30-17-15-26/h3-7,19,21H,8-18H2,1-2H3,(H,24,29). The van der Waals surface area contributed by atoms with Crippen LogP contribution in [0.1, 0.15) is 31.7 Å². The van der Waals surface area contributed by atoms with Gasteiger partial charge in [0.1, 0.15) is 0 Å². The van der Waals surface area contributed by atoms with Gasteiger partial charge in [0.2, 0.25) is 5.91 Å². The van der Waals surface area contributed by atoms with E-state index in [0.29, 0.717) is 38.8 Å². The predicted molar refractivity (Wildman–Crippen MR) is 117 cm³/mol. The molecule has 1 aromatic rings. The molecule has 166 valence electrons. The van der Waals surface area contributed by atoms with E-state index >= 15 is 0 Å². The molecule has 1 atom stereocenters. The van der Waals surface area contributed by atoms with Gasteiger partial charge in [-0.1, -0.05) is 44.2 Å². The SMILES string of the molecule is CC(C)CCN1CCN(C(=O)NCC(C(=O)N2CCOCC2)c2ccccc2)CC1. The molecule has 0 aromatic heterocycles. The number of carbonyl (C=O) groups is 2. The summed E-state index contributed by atoms with van der Waals surface area (Å²) in [5.74, 6) is 0.383. The number of morpholine rings is 1. The summed E-state index contributed by atoms with van der Waals surface area (Å²) < 4.78 is 5.38. The van der Waals surface area contributed by atoms with Gasteiger partial charge in [-0.3, -0.25) is 9.69 Å². The number of rotatable bonds is 7. The van der Waals surface area contributed by atoms with Gasteiger partial charge in [-0.15, -0.1) is 0 Å². The summed E-state index contributed by atoms with van der Waals surface area (Å²) in [5, 5.41) is 3.03. The monoisotopic (exact) mass is 416 g/mol. The number of nitrogens with zero attached hydrogens (tertiary/aromatic N) is 3. The molecule has 7 heteroatoms. The third-order valence-electron chi connectivity index (χ3n) is 5.96. The van der Waals surface area contributed by atoms with Crippen LogP contribution in [0.3, 0.4) is 0 Å². The van der Waals surface area contributed by atoms with Crippen molar-refractivity contribution in [2.75, 3.05) is 65.6 Å².